The molecule has 0 radical (unpaired) electrons. The molecule has 0 unspecified atom stereocenters. The highest BCUT2D eigenvalue weighted by Crippen LogP contribution is 2.18. The SMILES string of the molecule is COc1ccc(C=C(C#N)C(=O)Nc2ccc(S(=O)(=O)NC3=NCCCCC3)cc2)cc1. The molecular weight excluding hydrogens is 428 g/mol. The van der Waals surface area contributed by atoms with Gasteiger partial charge in [0.15, 0.2) is 0 Å². The van der Waals surface area contributed by atoms with Crippen LogP contribution in [0.3, 0.4) is 0 Å². The predicted molar refractivity (Wildman–Crippen MR) is 123 cm³/mol. The van der Waals surface area contributed by atoms with E-state index in [0.717, 1.165) is 19.3 Å². The van der Waals surface area contributed by atoms with Crippen LogP contribution in [0.25, 0.3) is 6.08 Å². The normalized spacial score (nSPS) is 14.5. The fraction of sp³-hybridized carbons (Fsp3) is 0.261. The number of anilines is 1. The van der Waals surface area contributed by atoms with Gasteiger partial charge in [-0.25, -0.2) is 8.42 Å². The van der Waals surface area contributed by atoms with Gasteiger partial charge in [-0.1, -0.05) is 18.6 Å². The molecule has 0 saturated carbocycles. The first kappa shape index (κ1) is 23.0. The first-order chi connectivity index (χ1) is 15.4. The molecule has 1 aliphatic rings. The largest absolute Gasteiger partial charge is 0.497 e. The number of nitrogens with one attached hydrogen (secondary N) is 2. The molecule has 166 valence electrons. The molecule has 8 nitrogen and oxygen atoms in total. The van der Waals surface area contributed by atoms with Crippen molar-refractivity contribution < 1.29 is 17.9 Å². The summed E-state index contributed by atoms with van der Waals surface area (Å²) in [7, 11) is -2.20. The molecule has 2 aromatic rings. The minimum Gasteiger partial charge on any atom is -0.497 e. The van der Waals surface area contributed by atoms with Crippen molar-refractivity contribution in [1.82, 2.24) is 4.72 Å². The van der Waals surface area contributed by atoms with Crippen molar-refractivity contribution >= 4 is 33.5 Å². The number of carbonyl (C=O) groups excluding carboxylic acids is 1. The monoisotopic (exact) mass is 452 g/mol. The topological polar surface area (TPSA) is 121 Å². The highest BCUT2D eigenvalue weighted by molar-refractivity contribution is 7.90. The minimum atomic E-state index is -3.76. The van der Waals surface area contributed by atoms with Crippen LogP contribution < -0.4 is 14.8 Å². The number of amidine groups is 1. The summed E-state index contributed by atoms with van der Waals surface area (Å²) in [4.78, 5) is 16.8. The number of hydrogen-bond donors (Lipinski definition) is 2. The zero-order valence-electron chi connectivity index (χ0n) is 17.7. The maximum atomic E-state index is 12.6. The Balaban J connectivity index is 1.68. The molecule has 9 heteroatoms. The number of amides is 1. The van der Waals surface area contributed by atoms with E-state index in [2.05, 4.69) is 15.0 Å². The molecule has 0 bridgehead atoms. The van der Waals surface area contributed by atoms with Gasteiger partial charge in [-0.3, -0.25) is 14.5 Å². The number of aliphatic imine (C=N–C) groups is 1. The molecule has 3 rings (SSSR count). The van der Waals surface area contributed by atoms with Gasteiger partial charge in [0, 0.05) is 18.7 Å². The van der Waals surface area contributed by atoms with Gasteiger partial charge in [-0.05, 0) is 60.9 Å². The van der Waals surface area contributed by atoms with Crippen molar-refractivity contribution in [2.45, 2.75) is 30.6 Å². The number of nitriles is 1. The molecule has 0 aromatic heterocycles. The summed E-state index contributed by atoms with van der Waals surface area (Å²) in [6, 6.07) is 14.5. The Morgan fingerprint density at radius 3 is 2.47 bits per heavy atom. The maximum absolute atomic E-state index is 12.6. The summed E-state index contributed by atoms with van der Waals surface area (Å²) >= 11 is 0. The summed E-state index contributed by atoms with van der Waals surface area (Å²) in [5.74, 6) is 0.549. The number of benzene rings is 2. The van der Waals surface area contributed by atoms with Crippen LogP contribution in [0, 0.1) is 11.3 Å². The van der Waals surface area contributed by atoms with E-state index < -0.39 is 15.9 Å². The molecule has 1 amide bonds. The first-order valence-electron chi connectivity index (χ1n) is 10.1. The molecule has 0 aliphatic carbocycles. The number of sulfonamides is 1. The lowest BCUT2D eigenvalue weighted by Crippen LogP contribution is -2.30. The Morgan fingerprint density at radius 2 is 1.81 bits per heavy atom. The van der Waals surface area contributed by atoms with Crippen LogP contribution in [0.5, 0.6) is 5.75 Å². The van der Waals surface area contributed by atoms with Gasteiger partial charge < -0.3 is 10.1 Å². The second kappa shape index (κ2) is 10.6. The van der Waals surface area contributed by atoms with Crippen LogP contribution in [-0.4, -0.2) is 33.8 Å². The van der Waals surface area contributed by atoms with E-state index in [0.29, 0.717) is 35.8 Å². The first-order valence-corrected chi connectivity index (χ1v) is 11.6. The third kappa shape index (κ3) is 6.18. The fourth-order valence-corrected chi connectivity index (χ4v) is 4.19. The lowest BCUT2D eigenvalue weighted by atomic mass is 10.1. The average molecular weight is 453 g/mol. The second-order valence-corrected chi connectivity index (χ2v) is 8.85. The van der Waals surface area contributed by atoms with E-state index >= 15 is 0 Å². The zero-order chi connectivity index (χ0) is 23.0. The number of carbonyl (C=O) groups is 1. The fourth-order valence-electron chi connectivity index (χ4n) is 3.10. The lowest BCUT2D eigenvalue weighted by molar-refractivity contribution is -0.112. The standard InChI is InChI=1S/C23H24N4O4S/c1-31-20-10-6-17(7-11-20)15-18(16-24)23(28)26-19-8-12-21(13-9-19)32(29,30)27-22-5-3-2-4-14-25-22/h6-13,15H,2-5,14H2,1H3,(H,25,27)(H,26,28). The number of nitrogens with zero attached hydrogens (tertiary/aromatic N) is 2. The Labute approximate surface area is 187 Å². The summed E-state index contributed by atoms with van der Waals surface area (Å²) in [6.07, 6.45) is 4.95. The minimum absolute atomic E-state index is 0.0664. The van der Waals surface area contributed by atoms with Gasteiger partial charge in [0.05, 0.1) is 12.0 Å². The number of rotatable bonds is 6. The molecule has 1 aliphatic heterocycles. The van der Waals surface area contributed by atoms with Crippen molar-refractivity contribution in [3.63, 3.8) is 0 Å². The van der Waals surface area contributed by atoms with Crippen molar-refractivity contribution in [2.75, 3.05) is 19.0 Å². The molecule has 1 heterocycles. The van der Waals surface area contributed by atoms with Gasteiger partial charge in [0.25, 0.3) is 15.9 Å². The number of ether oxygens (including phenoxy) is 1. The highest BCUT2D eigenvalue weighted by Gasteiger charge is 2.17. The molecule has 2 aromatic carbocycles. The molecule has 0 atom stereocenters. The van der Waals surface area contributed by atoms with Crippen molar-refractivity contribution in [1.29, 1.82) is 5.26 Å². The zero-order valence-corrected chi connectivity index (χ0v) is 18.5. The van der Waals surface area contributed by atoms with Crippen molar-refractivity contribution in [3.05, 3.63) is 59.7 Å². The van der Waals surface area contributed by atoms with Crippen molar-refractivity contribution in [3.8, 4) is 11.8 Å². The number of hydrogen-bond acceptors (Lipinski definition) is 6. The Bertz CT molecular complexity index is 1160. The van der Waals surface area contributed by atoms with Gasteiger partial charge in [0.2, 0.25) is 0 Å². The molecule has 0 spiro atoms. The summed E-state index contributed by atoms with van der Waals surface area (Å²) in [5, 5.41) is 12.0. The predicted octanol–water partition coefficient (Wildman–Crippen LogP) is 3.49. The van der Waals surface area contributed by atoms with Gasteiger partial charge in [-0.2, -0.15) is 5.26 Å². The Morgan fingerprint density at radius 1 is 1.09 bits per heavy atom. The Hall–Kier alpha value is -3.64. The van der Waals surface area contributed by atoms with Crippen molar-refractivity contribution in [2.24, 2.45) is 4.99 Å². The lowest BCUT2D eigenvalue weighted by Gasteiger charge is -2.10. The highest BCUT2D eigenvalue weighted by atomic mass is 32.2. The molecule has 32 heavy (non-hydrogen) atoms. The van der Waals surface area contributed by atoms with Gasteiger partial charge >= 0.3 is 0 Å². The number of methoxy groups -OCH3 is 1. The van der Waals surface area contributed by atoms with Gasteiger partial charge in [-0.15, -0.1) is 0 Å². The van der Waals surface area contributed by atoms with E-state index in [1.165, 1.54) is 30.3 Å². The van der Waals surface area contributed by atoms with Crippen LogP contribution in [0.2, 0.25) is 0 Å². The van der Waals surface area contributed by atoms with Crippen LogP contribution in [-0.2, 0) is 14.8 Å². The van der Waals surface area contributed by atoms with E-state index in [-0.39, 0.29) is 10.5 Å². The van der Waals surface area contributed by atoms with E-state index in [1.54, 1.807) is 31.4 Å². The Kier molecular flexibility index (Phi) is 7.63. The average Bonchev–Trinajstić information content (AvgIpc) is 3.06. The molecular formula is C23H24N4O4S. The summed E-state index contributed by atoms with van der Waals surface area (Å²) in [6.45, 7) is 0.619. The molecule has 2 N–H and O–H groups in total. The second-order valence-electron chi connectivity index (χ2n) is 7.17. The summed E-state index contributed by atoms with van der Waals surface area (Å²) < 4.78 is 32.9. The van der Waals surface area contributed by atoms with Crippen LogP contribution in [0.1, 0.15) is 31.2 Å². The quantitative estimate of drug-likeness (QED) is 0.513. The molecule has 0 saturated heterocycles. The smallest absolute Gasteiger partial charge is 0.266 e. The van der Waals surface area contributed by atoms with E-state index in [1.807, 2.05) is 6.07 Å². The van der Waals surface area contributed by atoms with Crippen LogP contribution in [0.15, 0.2) is 64.0 Å². The van der Waals surface area contributed by atoms with Crippen LogP contribution in [0.4, 0.5) is 5.69 Å². The van der Waals surface area contributed by atoms with E-state index in [4.69, 9.17) is 4.74 Å². The van der Waals surface area contributed by atoms with E-state index in [9.17, 15) is 18.5 Å². The van der Waals surface area contributed by atoms with Gasteiger partial charge in [0.1, 0.15) is 23.2 Å². The van der Waals surface area contributed by atoms with Crippen LogP contribution >= 0.6 is 0 Å². The summed E-state index contributed by atoms with van der Waals surface area (Å²) in [5.41, 5.74) is 0.961. The maximum Gasteiger partial charge on any atom is 0.266 e. The third-order valence-electron chi connectivity index (χ3n) is 4.84. The third-order valence-corrected chi connectivity index (χ3v) is 6.24. The molecule has 0 fully saturated rings.